The molecular weight excluding hydrogens is 392 g/mol. The van der Waals surface area contributed by atoms with Crippen LogP contribution in [0.4, 0.5) is 0 Å². The van der Waals surface area contributed by atoms with Crippen molar-refractivity contribution in [2.75, 3.05) is 0 Å². The van der Waals surface area contributed by atoms with Crippen molar-refractivity contribution in [2.45, 2.75) is 19.4 Å². The first kappa shape index (κ1) is 17.6. The summed E-state index contributed by atoms with van der Waals surface area (Å²) in [7, 11) is 0. The van der Waals surface area contributed by atoms with E-state index in [2.05, 4.69) is 62.4 Å². The molecule has 2 nitrogen and oxygen atoms in total. The molecular formula is C27H19ClO2. The van der Waals surface area contributed by atoms with Crippen LogP contribution in [0.25, 0.3) is 44.2 Å². The highest BCUT2D eigenvalue weighted by Crippen LogP contribution is 2.47. The van der Waals surface area contributed by atoms with Gasteiger partial charge in [0, 0.05) is 32.5 Å². The quantitative estimate of drug-likeness (QED) is 0.278. The number of benzene rings is 4. The third-order valence-corrected chi connectivity index (χ3v) is 6.18. The minimum atomic E-state index is -0.398. The molecule has 0 amide bonds. The second-order valence-electron chi connectivity index (χ2n) is 8.30. The summed E-state index contributed by atoms with van der Waals surface area (Å²) in [6, 6.07) is 26.8. The molecule has 0 N–H and O–H groups in total. The van der Waals surface area contributed by atoms with Gasteiger partial charge < -0.3 is 9.15 Å². The third-order valence-electron chi connectivity index (χ3n) is 5.97. The average Bonchev–Trinajstić information content (AvgIpc) is 3.11. The van der Waals surface area contributed by atoms with Gasteiger partial charge in [0.25, 0.3) is 0 Å². The fourth-order valence-corrected chi connectivity index (χ4v) is 4.79. The fourth-order valence-electron chi connectivity index (χ4n) is 4.58. The van der Waals surface area contributed by atoms with Gasteiger partial charge in [-0.3, -0.25) is 0 Å². The van der Waals surface area contributed by atoms with E-state index in [4.69, 9.17) is 20.8 Å². The molecule has 0 saturated heterocycles. The topological polar surface area (TPSA) is 22.4 Å². The molecule has 0 bridgehead atoms. The molecule has 0 spiro atoms. The number of ether oxygens (including phenoxy) is 1. The van der Waals surface area contributed by atoms with E-state index in [1.807, 2.05) is 30.3 Å². The molecule has 5 aromatic rings. The van der Waals surface area contributed by atoms with E-state index in [1.54, 1.807) is 0 Å². The Kier molecular flexibility index (Phi) is 3.60. The smallest absolute Gasteiger partial charge is 0.143 e. The predicted octanol–water partition coefficient (Wildman–Crippen LogP) is 8.20. The van der Waals surface area contributed by atoms with Gasteiger partial charge in [-0.15, -0.1) is 0 Å². The summed E-state index contributed by atoms with van der Waals surface area (Å²) >= 11 is 6.51. The molecule has 0 unspecified atom stereocenters. The molecule has 1 aliphatic rings. The highest BCUT2D eigenvalue weighted by Gasteiger charge is 2.32. The summed E-state index contributed by atoms with van der Waals surface area (Å²) in [5.41, 5.74) is 6.83. The van der Waals surface area contributed by atoms with Crippen molar-refractivity contribution >= 4 is 33.5 Å². The number of hydrogen-bond donors (Lipinski definition) is 0. The maximum absolute atomic E-state index is 6.51. The van der Waals surface area contributed by atoms with Gasteiger partial charge in [0.1, 0.15) is 22.5 Å². The number of fused-ring (bicyclic) bond motifs is 6. The normalized spacial score (nSPS) is 14.4. The molecule has 30 heavy (non-hydrogen) atoms. The fraction of sp³-hybridized carbons (Fsp3) is 0.111. The molecule has 2 heterocycles. The summed E-state index contributed by atoms with van der Waals surface area (Å²) in [6.45, 7) is 4.22. The highest BCUT2D eigenvalue weighted by atomic mass is 35.5. The molecule has 0 atom stereocenters. The van der Waals surface area contributed by atoms with Gasteiger partial charge in [-0.2, -0.15) is 0 Å². The Hall–Kier alpha value is -3.23. The van der Waals surface area contributed by atoms with Crippen LogP contribution in [0.1, 0.15) is 19.4 Å². The molecule has 0 fully saturated rings. The number of halogens is 1. The van der Waals surface area contributed by atoms with Crippen molar-refractivity contribution in [3.63, 3.8) is 0 Å². The van der Waals surface area contributed by atoms with Crippen LogP contribution in [-0.2, 0) is 5.60 Å². The van der Waals surface area contributed by atoms with Crippen LogP contribution in [0.3, 0.4) is 0 Å². The van der Waals surface area contributed by atoms with Crippen molar-refractivity contribution in [3.8, 4) is 28.0 Å². The van der Waals surface area contributed by atoms with Gasteiger partial charge in [-0.05, 0) is 49.2 Å². The Labute approximate surface area is 179 Å². The van der Waals surface area contributed by atoms with E-state index >= 15 is 0 Å². The molecule has 3 heteroatoms. The van der Waals surface area contributed by atoms with E-state index in [0.717, 1.165) is 44.4 Å². The molecule has 0 radical (unpaired) electrons. The lowest BCUT2D eigenvalue weighted by atomic mass is 9.85. The highest BCUT2D eigenvalue weighted by molar-refractivity contribution is 6.32. The Morgan fingerprint density at radius 1 is 0.733 bits per heavy atom. The van der Waals surface area contributed by atoms with Crippen LogP contribution >= 0.6 is 11.6 Å². The number of hydrogen-bond acceptors (Lipinski definition) is 2. The molecule has 6 rings (SSSR count). The van der Waals surface area contributed by atoms with E-state index in [0.29, 0.717) is 5.02 Å². The zero-order valence-electron chi connectivity index (χ0n) is 16.7. The Bertz CT molecular complexity index is 1460. The summed E-state index contributed by atoms with van der Waals surface area (Å²) in [5.74, 6) is 0.875. The number of rotatable bonds is 1. The Morgan fingerprint density at radius 3 is 2.43 bits per heavy atom. The monoisotopic (exact) mass is 410 g/mol. The maximum Gasteiger partial charge on any atom is 0.143 e. The van der Waals surface area contributed by atoms with Crippen molar-refractivity contribution < 1.29 is 9.15 Å². The number of furan rings is 1. The van der Waals surface area contributed by atoms with Crippen LogP contribution in [0.15, 0.2) is 83.3 Å². The van der Waals surface area contributed by atoms with Gasteiger partial charge in [-0.25, -0.2) is 0 Å². The molecule has 0 aliphatic carbocycles. The minimum Gasteiger partial charge on any atom is -0.482 e. The van der Waals surface area contributed by atoms with E-state index in [1.165, 1.54) is 11.1 Å². The lowest BCUT2D eigenvalue weighted by molar-refractivity contribution is 0.106. The van der Waals surface area contributed by atoms with Crippen molar-refractivity contribution in [2.24, 2.45) is 0 Å². The predicted molar refractivity (Wildman–Crippen MR) is 123 cm³/mol. The zero-order valence-corrected chi connectivity index (χ0v) is 17.5. The lowest BCUT2D eigenvalue weighted by Gasteiger charge is -2.35. The SMILES string of the molecule is CC1(C)Oc2cc(-c3cc(Cl)cc4c3oc3ccccc34)ccc2-c2ccccc21. The van der Waals surface area contributed by atoms with Crippen LogP contribution in [0, 0.1) is 0 Å². The first-order valence-electron chi connectivity index (χ1n) is 10.1. The molecule has 1 aliphatic heterocycles. The molecule has 0 saturated carbocycles. The maximum atomic E-state index is 6.51. The summed E-state index contributed by atoms with van der Waals surface area (Å²) in [6.07, 6.45) is 0. The van der Waals surface area contributed by atoms with Gasteiger partial charge >= 0.3 is 0 Å². The molecule has 1 aromatic heterocycles. The largest absolute Gasteiger partial charge is 0.482 e. The number of para-hydroxylation sites is 1. The Balaban J connectivity index is 1.60. The van der Waals surface area contributed by atoms with E-state index in [9.17, 15) is 0 Å². The van der Waals surface area contributed by atoms with Crippen LogP contribution in [0.2, 0.25) is 5.02 Å². The summed E-state index contributed by atoms with van der Waals surface area (Å²) in [5, 5.41) is 2.78. The van der Waals surface area contributed by atoms with Crippen LogP contribution in [-0.4, -0.2) is 0 Å². The van der Waals surface area contributed by atoms with Crippen molar-refractivity contribution in [3.05, 3.63) is 89.4 Å². The standard InChI is InChI=1S/C27H19ClO2/c1-27(2)23-9-5-3-7-18(23)20-12-11-16(13-25(20)30-27)21-14-17(28)15-22-19-8-4-6-10-24(19)29-26(21)22/h3-15H,1-2H3. The van der Waals surface area contributed by atoms with E-state index in [-0.39, 0.29) is 0 Å². The summed E-state index contributed by atoms with van der Waals surface area (Å²) < 4.78 is 12.7. The Morgan fingerprint density at radius 2 is 1.53 bits per heavy atom. The van der Waals surface area contributed by atoms with Crippen molar-refractivity contribution in [1.29, 1.82) is 0 Å². The molecule has 146 valence electrons. The van der Waals surface area contributed by atoms with Crippen LogP contribution in [0.5, 0.6) is 5.75 Å². The van der Waals surface area contributed by atoms with Gasteiger partial charge in [0.2, 0.25) is 0 Å². The zero-order chi connectivity index (χ0) is 20.5. The first-order valence-corrected chi connectivity index (χ1v) is 10.4. The third kappa shape index (κ3) is 2.50. The average molecular weight is 411 g/mol. The lowest BCUT2D eigenvalue weighted by Crippen LogP contribution is -2.29. The second kappa shape index (κ2) is 6.13. The second-order valence-corrected chi connectivity index (χ2v) is 8.73. The van der Waals surface area contributed by atoms with Crippen LogP contribution < -0.4 is 4.74 Å². The summed E-state index contributed by atoms with van der Waals surface area (Å²) in [4.78, 5) is 0. The van der Waals surface area contributed by atoms with E-state index < -0.39 is 5.60 Å². The molecule has 4 aromatic carbocycles. The van der Waals surface area contributed by atoms with Gasteiger partial charge in [-0.1, -0.05) is 66.2 Å². The van der Waals surface area contributed by atoms with Gasteiger partial charge in [0.05, 0.1) is 0 Å². The first-order chi connectivity index (χ1) is 14.5. The van der Waals surface area contributed by atoms with Gasteiger partial charge in [0.15, 0.2) is 0 Å². The minimum absolute atomic E-state index is 0.398. The van der Waals surface area contributed by atoms with Crippen molar-refractivity contribution in [1.82, 2.24) is 0 Å².